The molecule has 1 unspecified atom stereocenters. The lowest BCUT2D eigenvalue weighted by atomic mass is 10.1. The molecule has 1 fully saturated rings. The van der Waals surface area contributed by atoms with E-state index in [1.807, 2.05) is 6.92 Å². The summed E-state index contributed by atoms with van der Waals surface area (Å²) in [4.78, 5) is 25.1. The first-order chi connectivity index (χ1) is 9.12. The summed E-state index contributed by atoms with van der Waals surface area (Å²) in [6.45, 7) is 1.97. The van der Waals surface area contributed by atoms with E-state index in [0.29, 0.717) is 0 Å². The second-order valence-corrected chi connectivity index (χ2v) is 4.39. The van der Waals surface area contributed by atoms with Crippen molar-refractivity contribution in [1.82, 2.24) is 9.55 Å². The lowest BCUT2D eigenvalue weighted by molar-refractivity contribution is -0.0559. The van der Waals surface area contributed by atoms with Crippen molar-refractivity contribution in [3.05, 3.63) is 33.1 Å². The molecule has 7 nitrogen and oxygen atoms in total. The number of nitrogens with zero attached hydrogens (tertiary/aromatic N) is 1. The van der Waals surface area contributed by atoms with Crippen LogP contribution in [-0.2, 0) is 14.2 Å². The quantitative estimate of drug-likeness (QED) is 0.824. The van der Waals surface area contributed by atoms with Gasteiger partial charge in [0.25, 0.3) is 5.56 Å². The van der Waals surface area contributed by atoms with Crippen molar-refractivity contribution >= 4 is 0 Å². The Morgan fingerprint density at radius 3 is 2.53 bits per heavy atom. The molecule has 0 bridgehead atoms. The van der Waals surface area contributed by atoms with E-state index in [2.05, 4.69) is 4.98 Å². The monoisotopic (exact) mass is 270 g/mol. The minimum atomic E-state index is -0.607. The number of H-pyrrole nitrogens is 1. The average Bonchev–Trinajstić information content (AvgIpc) is 2.76. The summed E-state index contributed by atoms with van der Waals surface area (Å²) in [7, 11) is 3.13. The minimum Gasteiger partial charge on any atom is -0.376 e. The van der Waals surface area contributed by atoms with Crippen LogP contribution in [0.5, 0.6) is 0 Å². The molecule has 19 heavy (non-hydrogen) atoms. The SMILES string of the molecule is CC[C@H]1O[C@@H](n2ccc(=O)[nH]c2=O)C(OC)[C@H]1OC. The molecule has 1 saturated heterocycles. The van der Waals surface area contributed by atoms with Crippen LogP contribution in [0.25, 0.3) is 0 Å². The van der Waals surface area contributed by atoms with Gasteiger partial charge in [0.05, 0.1) is 6.10 Å². The summed E-state index contributed by atoms with van der Waals surface area (Å²) < 4.78 is 17.9. The van der Waals surface area contributed by atoms with Crippen LogP contribution >= 0.6 is 0 Å². The molecule has 0 saturated carbocycles. The van der Waals surface area contributed by atoms with Crippen molar-refractivity contribution in [2.45, 2.75) is 37.9 Å². The molecule has 0 amide bonds. The summed E-state index contributed by atoms with van der Waals surface area (Å²) in [5.41, 5.74) is -0.963. The lowest BCUT2D eigenvalue weighted by Gasteiger charge is -2.21. The molecule has 4 atom stereocenters. The van der Waals surface area contributed by atoms with Crippen molar-refractivity contribution in [2.75, 3.05) is 14.2 Å². The molecule has 1 aromatic rings. The molecular weight excluding hydrogens is 252 g/mol. The maximum atomic E-state index is 11.8. The van der Waals surface area contributed by atoms with Crippen LogP contribution < -0.4 is 11.2 Å². The number of aromatic nitrogens is 2. The fraction of sp³-hybridized carbons (Fsp3) is 0.667. The fourth-order valence-corrected chi connectivity index (χ4v) is 2.42. The third kappa shape index (κ3) is 2.49. The Morgan fingerprint density at radius 1 is 1.32 bits per heavy atom. The Bertz CT molecular complexity index is 537. The molecule has 7 heteroatoms. The Labute approximate surface area is 110 Å². The summed E-state index contributed by atoms with van der Waals surface area (Å²) >= 11 is 0. The first kappa shape index (κ1) is 14.0. The highest BCUT2D eigenvalue weighted by molar-refractivity contribution is 4.94. The summed E-state index contributed by atoms with van der Waals surface area (Å²) in [5, 5.41) is 0. The van der Waals surface area contributed by atoms with Gasteiger partial charge >= 0.3 is 5.69 Å². The molecule has 1 aromatic heterocycles. The molecule has 106 valence electrons. The number of hydrogen-bond donors (Lipinski definition) is 1. The minimum absolute atomic E-state index is 0.154. The Kier molecular flexibility index (Phi) is 4.18. The van der Waals surface area contributed by atoms with Crippen LogP contribution in [0.2, 0.25) is 0 Å². The number of rotatable bonds is 4. The number of methoxy groups -OCH3 is 2. The number of ether oxygens (including phenoxy) is 3. The Balaban J connectivity index is 2.38. The van der Waals surface area contributed by atoms with Crippen molar-refractivity contribution in [2.24, 2.45) is 0 Å². The summed E-state index contributed by atoms with van der Waals surface area (Å²) in [6.07, 6.45) is 0.732. The maximum Gasteiger partial charge on any atom is 0.330 e. The van der Waals surface area contributed by atoms with E-state index >= 15 is 0 Å². The average molecular weight is 270 g/mol. The predicted octanol–water partition coefficient (Wildman–Crippen LogP) is -0.126. The lowest BCUT2D eigenvalue weighted by Crippen LogP contribution is -2.39. The molecule has 2 heterocycles. The molecule has 1 aliphatic heterocycles. The highest BCUT2D eigenvalue weighted by Crippen LogP contribution is 2.33. The van der Waals surface area contributed by atoms with Gasteiger partial charge in [0.2, 0.25) is 0 Å². The van der Waals surface area contributed by atoms with Gasteiger partial charge in [-0.3, -0.25) is 14.3 Å². The van der Waals surface area contributed by atoms with Gasteiger partial charge in [-0.2, -0.15) is 0 Å². The first-order valence-corrected chi connectivity index (χ1v) is 6.14. The second-order valence-electron chi connectivity index (χ2n) is 4.39. The van der Waals surface area contributed by atoms with Crippen LogP contribution in [0.1, 0.15) is 19.6 Å². The largest absolute Gasteiger partial charge is 0.376 e. The number of nitrogens with one attached hydrogen (secondary N) is 1. The van der Waals surface area contributed by atoms with Gasteiger partial charge in [0.15, 0.2) is 6.23 Å². The summed E-state index contributed by atoms with van der Waals surface area (Å²) in [5.74, 6) is 0. The smallest absolute Gasteiger partial charge is 0.330 e. The van der Waals surface area contributed by atoms with Gasteiger partial charge in [-0.25, -0.2) is 4.79 Å². The molecule has 0 spiro atoms. The van der Waals surface area contributed by atoms with E-state index in [1.54, 1.807) is 14.2 Å². The van der Waals surface area contributed by atoms with E-state index in [9.17, 15) is 9.59 Å². The molecule has 0 aliphatic carbocycles. The van der Waals surface area contributed by atoms with Gasteiger partial charge < -0.3 is 14.2 Å². The van der Waals surface area contributed by atoms with Gasteiger partial charge in [-0.05, 0) is 6.42 Å². The van der Waals surface area contributed by atoms with Crippen LogP contribution in [0, 0.1) is 0 Å². The van der Waals surface area contributed by atoms with Gasteiger partial charge in [0, 0.05) is 26.5 Å². The highest BCUT2D eigenvalue weighted by atomic mass is 16.6. The molecule has 0 radical (unpaired) electrons. The number of aromatic amines is 1. The van der Waals surface area contributed by atoms with Crippen LogP contribution in [0.3, 0.4) is 0 Å². The highest BCUT2D eigenvalue weighted by Gasteiger charge is 2.45. The van der Waals surface area contributed by atoms with Crippen LogP contribution in [0.15, 0.2) is 21.9 Å². The van der Waals surface area contributed by atoms with Crippen molar-refractivity contribution < 1.29 is 14.2 Å². The zero-order valence-corrected chi connectivity index (χ0v) is 11.2. The van der Waals surface area contributed by atoms with Crippen molar-refractivity contribution in [1.29, 1.82) is 0 Å². The Morgan fingerprint density at radius 2 is 2.00 bits per heavy atom. The molecule has 0 aromatic carbocycles. The van der Waals surface area contributed by atoms with E-state index < -0.39 is 23.6 Å². The zero-order chi connectivity index (χ0) is 14.0. The Hall–Kier alpha value is -1.44. The molecule has 1 aliphatic rings. The maximum absolute atomic E-state index is 11.8. The fourth-order valence-electron chi connectivity index (χ4n) is 2.42. The van der Waals surface area contributed by atoms with E-state index in [4.69, 9.17) is 14.2 Å². The molecular formula is C12H18N2O5. The van der Waals surface area contributed by atoms with Crippen LogP contribution in [0.4, 0.5) is 0 Å². The third-order valence-corrected chi connectivity index (χ3v) is 3.36. The van der Waals surface area contributed by atoms with Gasteiger partial charge in [0.1, 0.15) is 12.2 Å². The number of hydrogen-bond acceptors (Lipinski definition) is 5. The predicted molar refractivity (Wildman–Crippen MR) is 67.1 cm³/mol. The molecule has 1 N–H and O–H groups in total. The topological polar surface area (TPSA) is 82.6 Å². The third-order valence-electron chi connectivity index (χ3n) is 3.36. The van der Waals surface area contributed by atoms with Crippen molar-refractivity contribution in [3.63, 3.8) is 0 Å². The van der Waals surface area contributed by atoms with Gasteiger partial charge in [-0.1, -0.05) is 6.92 Å². The zero-order valence-electron chi connectivity index (χ0n) is 11.2. The van der Waals surface area contributed by atoms with Crippen LogP contribution in [-0.4, -0.2) is 42.1 Å². The second kappa shape index (κ2) is 5.68. The van der Waals surface area contributed by atoms with E-state index in [-0.39, 0.29) is 12.2 Å². The van der Waals surface area contributed by atoms with Gasteiger partial charge in [-0.15, -0.1) is 0 Å². The van der Waals surface area contributed by atoms with E-state index in [1.165, 1.54) is 16.8 Å². The summed E-state index contributed by atoms with van der Waals surface area (Å²) in [6, 6.07) is 1.28. The standard InChI is InChI=1S/C12H18N2O5/c1-4-7-9(17-2)10(18-3)11(19-7)14-6-5-8(15)13-12(14)16/h5-7,9-11H,4H2,1-3H3,(H,13,15,16)/t7-,9+,10?,11-/m1/s1. The van der Waals surface area contributed by atoms with E-state index in [0.717, 1.165) is 6.42 Å². The molecule has 2 rings (SSSR count). The first-order valence-electron chi connectivity index (χ1n) is 6.14. The normalized spacial score (nSPS) is 30.7. The van der Waals surface area contributed by atoms with Crippen molar-refractivity contribution in [3.8, 4) is 0 Å².